The first-order valence-corrected chi connectivity index (χ1v) is 9.62. The average Bonchev–Trinajstić information content (AvgIpc) is 2.60. The van der Waals surface area contributed by atoms with E-state index in [1.165, 1.54) is 32.3 Å². The van der Waals surface area contributed by atoms with E-state index in [0.29, 0.717) is 0 Å². The van der Waals surface area contributed by atoms with Gasteiger partial charge in [0.25, 0.3) is 5.91 Å². The van der Waals surface area contributed by atoms with E-state index in [4.69, 9.17) is 16.3 Å². The lowest BCUT2D eigenvalue weighted by Gasteiger charge is -2.13. The number of ether oxygens (including phenoxy) is 1. The monoisotopic (exact) mass is 396 g/mol. The van der Waals surface area contributed by atoms with Gasteiger partial charge in [0.2, 0.25) is 10.0 Å². The number of rotatable bonds is 6. The van der Waals surface area contributed by atoms with E-state index in [9.17, 15) is 13.2 Å². The molecule has 0 radical (unpaired) electrons. The van der Waals surface area contributed by atoms with Crippen LogP contribution < -0.4 is 10.1 Å². The van der Waals surface area contributed by atoms with E-state index in [1.807, 2.05) is 25.1 Å². The van der Waals surface area contributed by atoms with Gasteiger partial charge in [-0.25, -0.2) is 12.7 Å². The van der Waals surface area contributed by atoms with Gasteiger partial charge in [0.15, 0.2) is 0 Å². The molecule has 0 fully saturated rings. The second-order valence-corrected chi connectivity index (χ2v) is 8.47. The number of hydrogen-bond donors (Lipinski definition) is 1. The van der Waals surface area contributed by atoms with E-state index in [2.05, 4.69) is 5.32 Å². The van der Waals surface area contributed by atoms with Crippen LogP contribution in [0.1, 0.15) is 21.5 Å². The second-order valence-electron chi connectivity index (χ2n) is 5.92. The molecule has 0 aliphatic rings. The van der Waals surface area contributed by atoms with Crippen molar-refractivity contribution in [1.82, 2.24) is 9.62 Å². The van der Waals surface area contributed by atoms with E-state index < -0.39 is 15.9 Å². The Hall–Kier alpha value is -2.09. The van der Waals surface area contributed by atoms with Crippen LogP contribution in [0.15, 0.2) is 41.3 Å². The Morgan fingerprint density at radius 1 is 1.19 bits per heavy atom. The molecule has 8 heteroatoms. The minimum absolute atomic E-state index is 0.00838. The van der Waals surface area contributed by atoms with Gasteiger partial charge in [0.1, 0.15) is 5.75 Å². The summed E-state index contributed by atoms with van der Waals surface area (Å²) in [6.45, 7) is 2.19. The fraction of sp³-hybridized carbons (Fsp3) is 0.278. The third kappa shape index (κ3) is 4.35. The number of carbonyl (C=O) groups excluding carboxylic acids is 1. The molecule has 0 spiro atoms. The molecule has 0 saturated carbocycles. The number of amides is 1. The Kier molecular flexibility index (Phi) is 6.28. The van der Waals surface area contributed by atoms with Gasteiger partial charge in [-0.3, -0.25) is 4.79 Å². The van der Waals surface area contributed by atoms with Crippen molar-refractivity contribution in [1.29, 1.82) is 0 Å². The fourth-order valence-corrected chi connectivity index (χ4v) is 3.43. The van der Waals surface area contributed by atoms with Crippen LogP contribution in [-0.4, -0.2) is 39.8 Å². The van der Waals surface area contributed by atoms with Crippen molar-refractivity contribution in [3.63, 3.8) is 0 Å². The summed E-state index contributed by atoms with van der Waals surface area (Å²) >= 11 is 6.08. The molecule has 6 nitrogen and oxygen atoms in total. The molecular formula is C18H21ClN2O4S. The topological polar surface area (TPSA) is 75.7 Å². The summed E-state index contributed by atoms with van der Waals surface area (Å²) in [6, 6.07) is 9.68. The van der Waals surface area contributed by atoms with Gasteiger partial charge in [-0.1, -0.05) is 23.7 Å². The molecule has 0 bridgehead atoms. The van der Waals surface area contributed by atoms with Crippen molar-refractivity contribution < 1.29 is 17.9 Å². The Labute approximate surface area is 158 Å². The zero-order valence-corrected chi connectivity index (χ0v) is 16.6. The predicted octanol–water partition coefficient (Wildman–Crippen LogP) is 2.84. The van der Waals surface area contributed by atoms with E-state index in [0.717, 1.165) is 21.2 Å². The molecule has 0 heterocycles. The first-order valence-electron chi connectivity index (χ1n) is 7.80. The Morgan fingerprint density at radius 2 is 1.88 bits per heavy atom. The smallest absolute Gasteiger partial charge is 0.253 e. The molecule has 0 aliphatic heterocycles. The highest BCUT2D eigenvalue weighted by atomic mass is 35.5. The lowest BCUT2D eigenvalue weighted by Crippen LogP contribution is -2.25. The number of methoxy groups -OCH3 is 1. The lowest BCUT2D eigenvalue weighted by atomic mass is 10.1. The highest BCUT2D eigenvalue weighted by Crippen LogP contribution is 2.23. The van der Waals surface area contributed by atoms with Crippen LogP contribution in [0.2, 0.25) is 5.02 Å². The molecular weight excluding hydrogens is 376 g/mol. The Bertz CT molecular complexity index is 927. The van der Waals surface area contributed by atoms with Crippen LogP contribution in [0, 0.1) is 6.92 Å². The summed E-state index contributed by atoms with van der Waals surface area (Å²) in [6.07, 6.45) is 0. The summed E-state index contributed by atoms with van der Waals surface area (Å²) in [7, 11) is 0.782. The van der Waals surface area contributed by atoms with Gasteiger partial charge in [-0.05, 0) is 42.3 Å². The molecule has 1 amide bonds. The first-order chi connectivity index (χ1) is 12.2. The van der Waals surface area contributed by atoms with Crippen molar-refractivity contribution >= 4 is 27.5 Å². The van der Waals surface area contributed by atoms with E-state index in [1.54, 1.807) is 7.11 Å². The third-order valence-corrected chi connectivity index (χ3v) is 6.03. The normalized spacial score (nSPS) is 11.5. The minimum Gasteiger partial charge on any atom is -0.496 e. The van der Waals surface area contributed by atoms with Gasteiger partial charge in [0, 0.05) is 20.6 Å². The van der Waals surface area contributed by atoms with Crippen LogP contribution in [0.5, 0.6) is 5.75 Å². The van der Waals surface area contributed by atoms with Crippen LogP contribution in [0.3, 0.4) is 0 Å². The first kappa shape index (κ1) is 20.2. The van der Waals surface area contributed by atoms with Crippen LogP contribution in [-0.2, 0) is 16.6 Å². The standard InChI is InChI=1S/C18H21ClN2O4S/c1-12-5-6-13(9-17(12)25-4)11-20-18(22)15-10-14(7-8-16(15)19)26(23,24)21(2)3/h5-10H,11H2,1-4H3,(H,20,22). The highest BCUT2D eigenvalue weighted by molar-refractivity contribution is 7.89. The van der Waals surface area contributed by atoms with Gasteiger partial charge < -0.3 is 10.1 Å². The van der Waals surface area contributed by atoms with Gasteiger partial charge in [-0.15, -0.1) is 0 Å². The highest BCUT2D eigenvalue weighted by Gasteiger charge is 2.20. The summed E-state index contributed by atoms with van der Waals surface area (Å²) in [5.41, 5.74) is 1.95. The maximum atomic E-state index is 12.5. The van der Waals surface area contributed by atoms with Crippen molar-refractivity contribution in [2.75, 3.05) is 21.2 Å². The second kappa shape index (κ2) is 8.07. The fourth-order valence-electron chi connectivity index (χ4n) is 2.30. The largest absolute Gasteiger partial charge is 0.496 e. The van der Waals surface area contributed by atoms with Crippen LogP contribution in [0.25, 0.3) is 0 Å². The molecule has 0 saturated heterocycles. The number of aryl methyl sites for hydroxylation is 1. The van der Waals surface area contributed by atoms with Crippen molar-refractivity contribution in [2.45, 2.75) is 18.4 Å². The van der Waals surface area contributed by atoms with Gasteiger partial charge >= 0.3 is 0 Å². The molecule has 0 aliphatic carbocycles. The van der Waals surface area contributed by atoms with Crippen molar-refractivity contribution in [3.05, 3.63) is 58.1 Å². The Morgan fingerprint density at radius 3 is 2.50 bits per heavy atom. The number of halogens is 1. The molecule has 0 atom stereocenters. The number of hydrogen-bond acceptors (Lipinski definition) is 4. The Balaban J connectivity index is 2.22. The zero-order chi connectivity index (χ0) is 19.5. The summed E-state index contributed by atoms with van der Waals surface area (Å²) < 4.78 is 30.8. The van der Waals surface area contributed by atoms with E-state index in [-0.39, 0.29) is 22.0 Å². The van der Waals surface area contributed by atoms with Crippen LogP contribution >= 0.6 is 11.6 Å². The maximum Gasteiger partial charge on any atom is 0.253 e. The zero-order valence-electron chi connectivity index (χ0n) is 15.0. The number of nitrogens with one attached hydrogen (secondary N) is 1. The van der Waals surface area contributed by atoms with Crippen molar-refractivity contribution in [3.8, 4) is 5.75 Å². The molecule has 0 unspecified atom stereocenters. The quantitative estimate of drug-likeness (QED) is 0.814. The lowest BCUT2D eigenvalue weighted by molar-refractivity contribution is 0.0951. The molecule has 1 N–H and O–H groups in total. The number of sulfonamides is 1. The average molecular weight is 397 g/mol. The minimum atomic E-state index is -3.65. The molecule has 26 heavy (non-hydrogen) atoms. The number of carbonyl (C=O) groups is 1. The molecule has 2 aromatic carbocycles. The SMILES string of the molecule is COc1cc(CNC(=O)c2cc(S(=O)(=O)N(C)C)ccc2Cl)ccc1C. The predicted molar refractivity (Wildman–Crippen MR) is 101 cm³/mol. The number of benzene rings is 2. The van der Waals surface area contributed by atoms with Gasteiger partial charge in [0.05, 0.1) is 22.6 Å². The molecule has 140 valence electrons. The van der Waals surface area contributed by atoms with Gasteiger partial charge in [-0.2, -0.15) is 0 Å². The van der Waals surface area contributed by atoms with Crippen molar-refractivity contribution in [2.24, 2.45) is 0 Å². The van der Waals surface area contributed by atoms with E-state index >= 15 is 0 Å². The number of nitrogens with zero attached hydrogens (tertiary/aromatic N) is 1. The van der Waals surface area contributed by atoms with Crippen LogP contribution in [0.4, 0.5) is 0 Å². The summed E-state index contributed by atoms with van der Waals surface area (Å²) in [5, 5.41) is 2.93. The summed E-state index contributed by atoms with van der Waals surface area (Å²) in [5.74, 6) is 0.277. The molecule has 2 aromatic rings. The molecule has 2 rings (SSSR count). The summed E-state index contributed by atoms with van der Waals surface area (Å²) in [4.78, 5) is 12.5. The maximum absolute atomic E-state index is 12.5. The molecule has 0 aromatic heterocycles. The third-order valence-electron chi connectivity index (χ3n) is 3.89.